The van der Waals surface area contributed by atoms with Crippen LogP contribution in [0.1, 0.15) is 5.69 Å². The number of carbonyl (C=O) groups is 1. The van der Waals surface area contributed by atoms with Gasteiger partial charge in [0.05, 0.1) is 30.0 Å². The van der Waals surface area contributed by atoms with Crippen molar-refractivity contribution in [1.29, 1.82) is 0 Å². The summed E-state index contributed by atoms with van der Waals surface area (Å²) in [5.41, 5.74) is 0.736. The Bertz CT molecular complexity index is 1200. The molecule has 0 spiro atoms. The lowest BCUT2D eigenvalue weighted by molar-refractivity contribution is -0.143. The number of halogens is 3. The highest BCUT2D eigenvalue weighted by Crippen LogP contribution is 2.34. The minimum Gasteiger partial charge on any atom is -0.468 e. The van der Waals surface area contributed by atoms with Crippen LogP contribution >= 0.6 is 0 Å². The molecule has 0 saturated carbocycles. The molecule has 0 aliphatic carbocycles. The zero-order chi connectivity index (χ0) is 21.3. The number of nitrogens with one attached hydrogen (secondary N) is 1. The van der Waals surface area contributed by atoms with Gasteiger partial charge in [0.15, 0.2) is 17.9 Å². The van der Waals surface area contributed by atoms with Gasteiger partial charge in [-0.3, -0.25) is 18.9 Å². The number of anilines is 1. The van der Waals surface area contributed by atoms with Gasteiger partial charge in [0.1, 0.15) is 0 Å². The summed E-state index contributed by atoms with van der Waals surface area (Å²) in [7, 11) is 1.14. The number of carbonyl (C=O) groups excluding carboxylic acids is 1. The molecule has 12 heteroatoms. The molecule has 0 atom stereocenters. The molecule has 4 aromatic heterocycles. The molecule has 154 valence electrons. The van der Waals surface area contributed by atoms with Crippen LogP contribution < -0.4 is 10.1 Å². The third-order valence-corrected chi connectivity index (χ3v) is 4.18. The number of rotatable bonds is 5. The van der Waals surface area contributed by atoms with Crippen molar-refractivity contribution in [3.05, 3.63) is 55.0 Å². The van der Waals surface area contributed by atoms with Crippen LogP contribution in [0, 0.1) is 0 Å². The van der Waals surface area contributed by atoms with E-state index in [0.717, 1.165) is 24.5 Å². The van der Waals surface area contributed by atoms with Gasteiger partial charge in [0.2, 0.25) is 5.88 Å². The molecule has 1 N–H and O–H groups in total. The van der Waals surface area contributed by atoms with Gasteiger partial charge < -0.3 is 10.1 Å². The second-order valence-electron chi connectivity index (χ2n) is 6.20. The van der Waals surface area contributed by atoms with Crippen molar-refractivity contribution in [3.63, 3.8) is 0 Å². The van der Waals surface area contributed by atoms with E-state index in [9.17, 15) is 18.0 Å². The van der Waals surface area contributed by atoms with Gasteiger partial charge in [0, 0.05) is 37.3 Å². The zero-order valence-corrected chi connectivity index (χ0v) is 15.5. The molecule has 4 rings (SSSR count). The Morgan fingerprint density at radius 1 is 1.17 bits per heavy atom. The van der Waals surface area contributed by atoms with E-state index in [1.807, 2.05) is 4.40 Å². The molecule has 0 aliphatic heterocycles. The van der Waals surface area contributed by atoms with Crippen LogP contribution in [0.5, 0.6) is 5.88 Å². The van der Waals surface area contributed by atoms with Crippen molar-refractivity contribution in [1.82, 2.24) is 29.1 Å². The minimum absolute atomic E-state index is 0.145. The van der Waals surface area contributed by atoms with Gasteiger partial charge in [-0.2, -0.15) is 18.3 Å². The Morgan fingerprint density at radius 2 is 2.00 bits per heavy atom. The summed E-state index contributed by atoms with van der Waals surface area (Å²) in [5.74, 6) is -0.625. The standard InChI is InChI=1S/C18H14F3N7O2/c1-27-17(18(19,20)21)12(7-25-27)26-15(29)10-30-16-3-2-11(6-24-16)13-8-23-14-9-22-4-5-28(13)14/h2-9H,10H2,1H3,(H,26,29). The molecule has 4 aromatic rings. The van der Waals surface area contributed by atoms with Crippen LogP contribution in [-0.2, 0) is 18.0 Å². The van der Waals surface area contributed by atoms with E-state index in [-0.39, 0.29) is 5.88 Å². The molecule has 9 nitrogen and oxygen atoms in total. The Kier molecular flexibility index (Phi) is 4.82. The predicted molar refractivity (Wildman–Crippen MR) is 98.6 cm³/mol. The lowest BCUT2D eigenvalue weighted by Gasteiger charge is -2.11. The molecule has 30 heavy (non-hydrogen) atoms. The number of pyridine rings is 1. The number of alkyl halides is 3. The first-order valence-corrected chi connectivity index (χ1v) is 8.58. The van der Waals surface area contributed by atoms with E-state index < -0.39 is 30.1 Å². The molecule has 0 unspecified atom stereocenters. The van der Waals surface area contributed by atoms with E-state index in [1.165, 1.54) is 0 Å². The molecule has 4 heterocycles. The van der Waals surface area contributed by atoms with Crippen LogP contribution in [0.3, 0.4) is 0 Å². The van der Waals surface area contributed by atoms with Gasteiger partial charge in [-0.1, -0.05) is 0 Å². The summed E-state index contributed by atoms with van der Waals surface area (Å²) in [4.78, 5) is 24.4. The SMILES string of the molecule is Cn1ncc(NC(=O)COc2ccc(-c3cnc4cnccn34)cn2)c1C(F)(F)F. The topological polar surface area (TPSA) is 99.2 Å². The van der Waals surface area contributed by atoms with Crippen LogP contribution in [0.2, 0.25) is 0 Å². The fourth-order valence-corrected chi connectivity index (χ4v) is 2.86. The molecular formula is C18H14F3N7O2. The maximum atomic E-state index is 13.0. The van der Waals surface area contributed by atoms with E-state index in [2.05, 4.69) is 25.4 Å². The van der Waals surface area contributed by atoms with Gasteiger partial charge in [-0.05, 0) is 6.07 Å². The normalized spacial score (nSPS) is 11.6. The van der Waals surface area contributed by atoms with Gasteiger partial charge in [-0.25, -0.2) is 9.97 Å². The average Bonchev–Trinajstić information content (AvgIpc) is 3.30. The monoisotopic (exact) mass is 417 g/mol. The highest BCUT2D eigenvalue weighted by atomic mass is 19.4. The molecule has 1 amide bonds. The number of nitrogens with zero attached hydrogens (tertiary/aromatic N) is 6. The van der Waals surface area contributed by atoms with Crippen molar-refractivity contribution in [3.8, 4) is 17.1 Å². The predicted octanol–water partition coefficient (Wildman–Crippen LogP) is 2.56. The van der Waals surface area contributed by atoms with Crippen molar-refractivity contribution >= 4 is 17.2 Å². The molecule has 0 bridgehead atoms. The molecule has 0 aromatic carbocycles. The highest BCUT2D eigenvalue weighted by molar-refractivity contribution is 5.92. The Balaban J connectivity index is 1.41. The smallest absolute Gasteiger partial charge is 0.435 e. The maximum Gasteiger partial charge on any atom is 0.435 e. The molecule has 0 saturated heterocycles. The number of amides is 1. The summed E-state index contributed by atoms with van der Waals surface area (Å²) >= 11 is 0. The molecular weight excluding hydrogens is 403 g/mol. The third-order valence-electron chi connectivity index (χ3n) is 4.18. The lowest BCUT2D eigenvalue weighted by Crippen LogP contribution is -2.23. The van der Waals surface area contributed by atoms with Crippen molar-refractivity contribution in [2.45, 2.75) is 6.18 Å². The number of fused-ring (bicyclic) bond motifs is 1. The second-order valence-corrected chi connectivity index (χ2v) is 6.20. The fraction of sp³-hybridized carbons (Fsp3) is 0.167. The summed E-state index contributed by atoms with van der Waals surface area (Å²) in [6.45, 7) is -0.514. The fourth-order valence-electron chi connectivity index (χ4n) is 2.86. The number of hydrogen-bond donors (Lipinski definition) is 1. The number of ether oxygens (including phenoxy) is 1. The Labute approximate surface area is 167 Å². The Morgan fingerprint density at radius 3 is 2.73 bits per heavy atom. The van der Waals surface area contributed by atoms with Crippen LogP contribution in [-0.4, -0.2) is 41.6 Å². The number of imidazole rings is 1. The van der Waals surface area contributed by atoms with Crippen molar-refractivity contribution in [2.24, 2.45) is 7.05 Å². The molecule has 0 aliphatic rings. The quantitative estimate of drug-likeness (QED) is 0.536. The average molecular weight is 417 g/mol. The maximum absolute atomic E-state index is 13.0. The molecule has 0 radical (unpaired) electrons. The number of aromatic nitrogens is 6. The minimum atomic E-state index is -4.65. The summed E-state index contributed by atoms with van der Waals surface area (Å²) in [6, 6.07) is 3.28. The third kappa shape index (κ3) is 3.79. The summed E-state index contributed by atoms with van der Waals surface area (Å²) < 4.78 is 46.8. The first-order chi connectivity index (χ1) is 14.3. The van der Waals surface area contributed by atoms with E-state index in [4.69, 9.17) is 4.74 Å². The van der Waals surface area contributed by atoms with Gasteiger partial charge in [-0.15, -0.1) is 0 Å². The first kappa shape index (κ1) is 19.4. The van der Waals surface area contributed by atoms with E-state index >= 15 is 0 Å². The largest absolute Gasteiger partial charge is 0.468 e. The van der Waals surface area contributed by atoms with Crippen molar-refractivity contribution in [2.75, 3.05) is 11.9 Å². The summed E-state index contributed by atoms with van der Waals surface area (Å²) in [6.07, 6.45) is 4.51. The number of aryl methyl sites for hydroxylation is 1. The molecule has 0 fully saturated rings. The van der Waals surface area contributed by atoms with Gasteiger partial charge >= 0.3 is 6.18 Å². The van der Waals surface area contributed by atoms with Crippen molar-refractivity contribution < 1.29 is 22.7 Å². The lowest BCUT2D eigenvalue weighted by atomic mass is 10.2. The van der Waals surface area contributed by atoms with E-state index in [1.54, 1.807) is 43.1 Å². The first-order valence-electron chi connectivity index (χ1n) is 8.58. The van der Waals surface area contributed by atoms with Crippen LogP contribution in [0.25, 0.3) is 16.9 Å². The Hall–Kier alpha value is -3.96. The van der Waals surface area contributed by atoms with Crippen LogP contribution in [0.15, 0.2) is 49.3 Å². The van der Waals surface area contributed by atoms with Crippen LogP contribution in [0.4, 0.5) is 18.9 Å². The van der Waals surface area contributed by atoms with Gasteiger partial charge in [0.25, 0.3) is 5.91 Å². The highest BCUT2D eigenvalue weighted by Gasteiger charge is 2.38. The number of hydrogen-bond acceptors (Lipinski definition) is 6. The zero-order valence-electron chi connectivity index (χ0n) is 15.5. The van der Waals surface area contributed by atoms with E-state index in [0.29, 0.717) is 10.3 Å². The summed E-state index contributed by atoms with van der Waals surface area (Å²) in [5, 5.41) is 5.68. The second kappa shape index (κ2) is 7.46.